The van der Waals surface area contributed by atoms with Gasteiger partial charge in [0, 0.05) is 36.1 Å². The Hall–Kier alpha value is -3.72. The number of carbonyl (C=O) groups excluding carboxylic acids is 3. The molecule has 0 radical (unpaired) electrons. The third kappa shape index (κ3) is 3.55. The van der Waals surface area contributed by atoms with Crippen molar-refractivity contribution in [3.8, 4) is 0 Å². The number of rotatable bonds is 3. The van der Waals surface area contributed by atoms with Gasteiger partial charge < -0.3 is 10.4 Å². The summed E-state index contributed by atoms with van der Waals surface area (Å²) >= 11 is 5.96. The normalized spacial score (nSPS) is 14.4. The van der Waals surface area contributed by atoms with Crippen molar-refractivity contribution in [2.24, 2.45) is 0 Å². The number of imide groups is 1. The van der Waals surface area contributed by atoms with E-state index >= 15 is 0 Å². The maximum Gasteiger partial charge on any atom is 0.293 e. The molecule has 0 atom stereocenters. The highest BCUT2D eigenvalue weighted by atomic mass is 35.5. The Morgan fingerprint density at radius 1 is 1.17 bits per heavy atom. The molecule has 2 aromatic rings. The molecule has 1 heterocycles. The summed E-state index contributed by atoms with van der Waals surface area (Å²) in [6, 6.07) is 7.99. The maximum absolute atomic E-state index is 12.8. The Morgan fingerprint density at radius 3 is 2.45 bits per heavy atom. The predicted molar refractivity (Wildman–Crippen MR) is 106 cm³/mol. The van der Waals surface area contributed by atoms with Gasteiger partial charge in [-0.25, -0.2) is 4.90 Å². The summed E-state index contributed by atoms with van der Waals surface area (Å²) in [6.07, 6.45) is 0. The summed E-state index contributed by atoms with van der Waals surface area (Å²) in [5.41, 5.74) is -0.259. The number of carbonyl (C=O) groups is 3. The largest absolute Gasteiger partial charge is 0.506 e. The lowest BCUT2D eigenvalue weighted by Gasteiger charge is -2.12. The van der Waals surface area contributed by atoms with Gasteiger partial charge in [-0.3, -0.25) is 24.5 Å². The number of halogens is 1. The Kier molecular flexibility index (Phi) is 5.08. The molecule has 9 nitrogen and oxygen atoms in total. The lowest BCUT2D eigenvalue weighted by molar-refractivity contribution is -0.384. The van der Waals surface area contributed by atoms with Gasteiger partial charge in [-0.1, -0.05) is 17.7 Å². The average molecular weight is 416 g/mol. The highest BCUT2D eigenvalue weighted by Gasteiger charge is 2.38. The van der Waals surface area contributed by atoms with E-state index in [1.54, 1.807) is 0 Å². The summed E-state index contributed by atoms with van der Waals surface area (Å²) in [5, 5.41) is 24.7. The zero-order valence-electron chi connectivity index (χ0n) is 15.2. The second-order valence-electron chi connectivity index (χ2n) is 6.21. The molecule has 0 fully saturated rings. The molecule has 0 spiro atoms. The zero-order valence-corrected chi connectivity index (χ0v) is 16.0. The van der Waals surface area contributed by atoms with Crippen LogP contribution in [0.1, 0.15) is 25.0 Å². The summed E-state index contributed by atoms with van der Waals surface area (Å²) in [7, 11) is 0. The molecule has 0 aromatic heterocycles. The van der Waals surface area contributed by atoms with Gasteiger partial charge in [0.2, 0.25) is 11.8 Å². The number of aliphatic hydroxyl groups excluding tert-OH is 1. The second-order valence-corrected chi connectivity index (χ2v) is 6.65. The van der Waals surface area contributed by atoms with Gasteiger partial charge in [0.25, 0.3) is 11.6 Å². The fraction of sp³-hybridized carbons (Fsp3) is 0.105. The lowest BCUT2D eigenvalue weighted by atomic mass is 10.0. The zero-order chi connectivity index (χ0) is 21.5. The molecular weight excluding hydrogens is 402 g/mol. The van der Waals surface area contributed by atoms with Crippen LogP contribution in [0.25, 0.3) is 11.3 Å². The Morgan fingerprint density at radius 2 is 1.86 bits per heavy atom. The fourth-order valence-corrected chi connectivity index (χ4v) is 3.22. The quantitative estimate of drug-likeness (QED) is 0.341. The number of aliphatic hydroxyl groups is 1. The maximum atomic E-state index is 12.8. The van der Waals surface area contributed by atoms with E-state index in [0.29, 0.717) is 5.02 Å². The van der Waals surface area contributed by atoms with E-state index in [4.69, 9.17) is 11.6 Å². The van der Waals surface area contributed by atoms with Crippen molar-refractivity contribution >= 4 is 57.7 Å². The van der Waals surface area contributed by atoms with E-state index < -0.39 is 34.1 Å². The van der Waals surface area contributed by atoms with Crippen LogP contribution in [0.3, 0.4) is 0 Å². The monoisotopic (exact) mass is 415 g/mol. The highest BCUT2D eigenvalue weighted by molar-refractivity contribution is 6.43. The number of hydrogen-bond acceptors (Lipinski definition) is 6. The van der Waals surface area contributed by atoms with Gasteiger partial charge in [0.1, 0.15) is 11.4 Å². The first-order valence-electron chi connectivity index (χ1n) is 8.26. The number of hydrogen-bond donors (Lipinski definition) is 2. The van der Waals surface area contributed by atoms with Crippen LogP contribution >= 0.6 is 11.6 Å². The SMILES string of the molecule is CC(=O)Nc1ccc(C(O)=C2C(=O)N(C(C)=O)c3cc(Cl)ccc32)cc1[N+](=O)[O-]. The molecular formula is C19H14ClN3O6. The fourth-order valence-electron chi connectivity index (χ4n) is 3.05. The third-order valence-corrected chi connectivity index (χ3v) is 4.45. The lowest BCUT2D eigenvalue weighted by Crippen LogP contribution is -2.31. The van der Waals surface area contributed by atoms with Gasteiger partial charge in [0.05, 0.1) is 16.2 Å². The summed E-state index contributed by atoms with van der Waals surface area (Å²) in [4.78, 5) is 47.5. The van der Waals surface area contributed by atoms with E-state index in [-0.39, 0.29) is 28.1 Å². The molecule has 2 N–H and O–H groups in total. The first-order valence-corrected chi connectivity index (χ1v) is 8.64. The number of fused-ring (bicyclic) bond motifs is 1. The number of nitrogens with zero attached hydrogens (tertiary/aromatic N) is 2. The molecule has 3 rings (SSSR count). The molecule has 29 heavy (non-hydrogen) atoms. The van der Waals surface area contributed by atoms with Gasteiger partial charge in [-0.2, -0.15) is 0 Å². The van der Waals surface area contributed by atoms with E-state index in [2.05, 4.69) is 5.32 Å². The molecule has 2 aromatic carbocycles. The molecule has 148 valence electrons. The van der Waals surface area contributed by atoms with Crippen molar-refractivity contribution in [1.82, 2.24) is 0 Å². The van der Waals surface area contributed by atoms with E-state index in [9.17, 15) is 29.6 Å². The van der Waals surface area contributed by atoms with E-state index in [1.807, 2.05) is 0 Å². The number of nitro groups is 1. The van der Waals surface area contributed by atoms with E-state index in [1.165, 1.54) is 44.2 Å². The number of benzene rings is 2. The molecule has 1 aliphatic heterocycles. The Bertz CT molecular complexity index is 1120. The van der Waals surface area contributed by atoms with Crippen molar-refractivity contribution in [3.05, 3.63) is 62.7 Å². The summed E-state index contributed by atoms with van der Waals surface area (Å²) in [5.74, 6) is -2.40. The van der Waals surface area contributed by atoms with Crippen LogP contribution in [-0.4, -0.2) is 27.8 Å². The van der Waals surface area contributed by atoms with Crippen LogP contribution in [-0.2, 0) is 14.4 Å². The van der Waals surface area contributed by atoms with Crippen molar-refractivity contribution in [3.63, 3.8) is 0 Å². The van der Waals surface area contributed by atoms with Crippen LogP contribution in [0.5, 0.6) is 0 Å². The topological polar surface area (TPSA) is 130 Å². The minimum absolute atomic E-state index is 0.0274. The van der Waals surface area contributed by atoms with E-state index in [0.717, 1.165) is 11.0 Å². The van der Waals surface area contributed by atoms with Crippen molar-refractivity contribution in [2.75, 3.05) is 10.2 Å². The number of amides is 3. The molecule has 3 amide bonds. The molecule has 10 heteroatoms. The Balaban J connectivity index is 2.21. The minimum atomic E-state index is -0.777. The van der Waals surface area contributed by atoms with Gasteiger partial charge >= 0.3 is 0 Å². The molecule has 0 aliphatic carbocycles. The molecule has 0 bridgehead atoms. The van der Waals surface area contributed by atoms with Crippen molar-refractivity contribution < 1.29 is 24.4 Å². The second kappa shape index (κ2) is 7.36. The first kappa shape index (κ1) is 20.0. The summed E-state index contributed by atoms with van der Waals surface area (Å²) in [6.45, 7) is 2.39. The van der Waals surface area contributed by atoms with Crippen LogP contribution in [0.2, 0.25) is 5.02 Å². The standard InChI is InChI=1S/C19H14ClN3O6/c1-9(24)21-14-6-3-11(7-16(14)23(28)29)18(26)17-13-5-4-12(20)8-15(13)22(10(2)25)19(17)27/h3-8,26H,1-2H3,(H,21,24). The third-order valence-electron chi connectivity index (χ3n) is 4.22. The van der Waals surface area contributed by atoms with Crippen LogP contribution in [0.4, 0.5) is 17.1 Å². The van der Waals surface area contributed by atoms with Crippen LogP contribution in [0.15, 0.2) is 36.4 Å². The van der Waals surface area contributed by atoms with Crippen LogP contribution in [0, 0.1) is 10.1 Å². The van der Waals surface area contributed by atoms with Crippen molar-refractivity contribution in [1.29, 1.82) is 0 Å². The first-order chi connectivity index (χ1) is 13.6. The van der Waals surface area contributed by atoms with Gasteiger partial charge in [-0.05, 0) is 24.3 Å². The minimum Gasteiger partial charge on any atom is -0.506 e. The average Bonchev–Trinajstić information content (AvgIpc) is 2.91. The highest BCUT2D eigenvalue weighted by Crippen LogP contribution is 2.42. The van der Waals surface area contributed by atoms with Crippen LogP contribution < -0.4 is 10.2 Å². The summed E-state index contributed by atoms with van der Waals surface area (Å²) < 4.78 is 0. The molecule has 0 unspecified atom stereocenters. The predicted octanol–water partition coefficient (Wildman–Crippen LogP) is 3.53. The number of nitro benzene ring substituents is 1. The molecule has 1 aliphatic rings. The smallest absolute Gasteiger partial charge is 0.293 e. The molecule has 0 saturated carbocycles. The van der Waals surface area contributed by atoms with Crippen molar-refractivity contribution in [2.45, 2.75) is 13.8 Å². The number of nitrogens with one attached hydrogen (secondary N) is 1. The number of anilines is 2. The van der Waals surface area contributed by atoms with Gasteiger partial charge in [-0.15, -0.1) is 0 Å². The molecule has 0 saturated heterocycles. The van der Waals surface area contributed by atoms with Gasteiger partial charge in [0.15, 0.2) is 0 Å². The Labute approximate surface area is 169 Å².